The van der Waals surface area contributed by atoms with Crippen LogP contribution in [0.25, 0.3) is 0 Å². The standard InChI is InChI=1S/C16H29N3O2S/c1-2-17-16(18-10-8-14-6-4-3-5-7-14)19-12-15-9-11-22(20,21)13-15/h6,15H,2-5,7-13H2,1H3,(H2,17,18,19). The maximum atomic E-state index is 11.5. The van der Waals surface area contributed by atoms with E-state index in [0.29, 0.717) is 18.1 Å². The van der Waals surface area contributed by atoms with E-state index in [1.807, 2.05) is 6.92 Å². The molecule has 1 unspecified atom stereocenters. The highest BCUT2D eigenvalue weighted by Gasteiger charge is 2.27. The molecule has 2 aliphatic rings. The predicted octanol–water partition coefficient (Wildman–Crippen LogP) is 1.87. The van der Waals surface area contributed by atoms with Crippen molar-refractivity contribution in [2.75, 3.05) is 31.1 Å². The normalized spacial score (nSPS) is 24.9. The number of nitrogens with one attached hydrogen (secondary N) is 2. The van der Waals surface area contributed by atoms with Gasteiger partial charge in [-0.3, -0.25) is 4.99 Å². The van der Waals surface area contributed by atoms with E-state index in [-0.39, 0.29) is 5.92 Å². The number of allylic oxidation sites excluding steroid dienone is 1. The molecule has 0 radical (unpaired) electrons. The Bertz CT molecular complexity index is 511. The Labute approximate surface area is 134 Å². The van der Waals surface area contributed by atoms with Crippen LogP contribution in [0.15, 0.2) is 16.6 Å². The Morgan fingerprint density at radius 3 is 2.86 bits per heavy atom. The topological polar surface area (TPSA) is 70.6 Å². The minimum atomic E-state index is -2.80. The molecule has 1 heterocycles. The second-order valence-electron chi connectivity index (χ2n) is 6.27. The molecule has 1 aliphatic carbocycles. The highest BCUT2D eigenvalue weighted by Crippen LogP contribution is 2.19. The van der Waals surface area contributed by atoms with E-state index in [0.717, 1.165) is 31.9 Å². The van der Waals surface area contributed by atoms with Crippen LogP contribution in [0.1, 0.15) is 45.4 Å². The Hall–Kier alpha value is -1.04. The fourth-order valence-corrected chi connectivity index (χ4v) is 4.90. The van der Waals surface area contributed by atoms with E-state index in [4.69, 9.17) is 0 Å². The minimum Gasteiger partial charge on any atom is -0.357 e. The molecule has 1 saturated heterocycles. The number of rotatable bonds is 6. The third-order valence-corrected chi connectivity index (χ3v) is 6.14. The predicted molar refractivity (Wildman–Crippen MR) is 91.9 cm³/mol. The first-order valence-electron chi connectivity index (χ1n) is 8.49. The molecule has 6 heteroatoms. The summed E-state index contributed by atoms with van der Waals surface area (Å²) >= 11 is 0. The summed E-state index contributed by atoms with van der Waals surface area (Å²) in [5, 5.41) is 6.60. The van der Waals surface area contributed by atoms with Crippen molar-refractivity contribution >= 4 is 15.8 Å². The summed E-state index contributed by atoms with van der Waals surface area (Å²) in [6.07, 6.45) is 9.29. The summed E-state index contributed by atoms with van der Waals surface area (Å²) in [5.41, 5.74) is 1.55. The largest absolute Gasteiger partial charge is 0.357 e. The third kappa shape index (κ3) is 5.99. The molecule has 2 N–H and O–H groups in total. The van der Waals surface area contributed by atoms with Gasteiger partial charge in [-0.1, -0.05) is 11.6 Å². The number of aliphatic imine (C=N–C) groups is 1. The van der Waals surface area contributed by atoms with E-state index in [2.05, 4.69) is 21.7 Å². The lowest BCUT2D eigenvalue weighted by Crippen LogP contribution is -2.38. The Kier molecular flexibility index (Phi) is 6.73. The van der Waals surface area contributed by atoms with Gasteiger partial charge in [-0.2, -0.15) is 0 Å². The summed E-state index contributed by atoms with van der Waals surface area (Å²) in [6.45, 7) is 4.34. The maximum absolute atomic E-state index is 11.5. The van der Waals surface area contributed by atoms with Crippen molar-refractivity contribution in [3.63, 3.8) is 0 Å². The second kappa shape index (κ2) is 8.56. The zero-order valence-electron chi connectivity index (χ0n) is 13.6. The maximum Gasteiger partial charge on any atom is 0.191 e. The van der Waals surface area contributed by atoms with Gasteiger partial charge in [-0.05, 0) is 51.4 Å². The molecular formula is C16H29N3O2S. The molecule has 0 amide bonds. The average Bonchev–Trinajstić information content (AvgIpc) is 2.85. The SMILES string of the molecule is CCNC(=NCC1CCS(=O)(=O)C1)NCCC1=CCCCC1. The van der Waals surface area contributed by atoms with Gasteiger partial charge in [0.15, 0.2) is 15.8 Å². The zero-order valence-corrected chi connectivity index (χ0v) is 14.4. The summed E-state index contributed by atoms with van der Waals surface area (Å²) in [6, 6.07) is 0. The van der Waals surface area contributed by atoms with Crippen molar-refractivity contribution in [2.24, 2.45) is 10.9 Å². The van der Waals surface area contributed by atoms with Gasteiger partial charge in [0.1, 0.15) is 0 Å². The fourth-order valence-electron chi connectivity index (χ4n) is 3.05. The molecule has 22 heavy (non-hydrogen) atoms. The van der Waals surface area contributed by atoms with E-state index < -0.39 is 9.84 Å². The molecule has 5 nitrogen and oxygen atoms in total. The van der Waals surface area contributed by atoms with Gasteiger partial charge in [0.25, 0.3) is 0 Å². The number of hydrogen-bond donors (Lipinski definition) is 2. The Balaban J connectivity index is 1.76. The average molecular weight is 327 g/mol. The summed E-state index contributed by atoms with van der Waals surface area (Å²) < 4.78 is 22.9. The molecule has 0 spiro atoms. The van der Waals surface area contributed by atoms with Gasteiger partial charge in [0.2, 0.25) is 0 Å². The van der Waals surface area contributed by atoms with E-state index in [1.54, 1.807) is 5.57 Å². The van der Waals surface area contributed by atoms with Crippen molar-refractivity contribution in [3.8, 4) is 0 Å². The van der Waals surface area contributed by atoms with Crippen LogP contribution in [0.4, 0.5) is 0 Å². The molecular weight excluding hydrogens is 298 g/mol. The van der Waals surface area contributed by atoms with Crippen LogP contribution in [-0.4, -0.2) is 45.5 Å². The molecule has 0 aromatic rings. The van der Waals surface area contributed by atoms with Gasteiger partial charge in [-0.15, -0.1) is 0 Å². The van der Waals surface area contributed by atoms with Crippen LogP contribution < -0.4 is 10.6 Å². The summed E-state index contributed by atoms with van der Waals surface area (Å²) in [7, 11) is -2.80. The molecule has 0 bridgehead atoms. The lowest BCUT2D eigenvalue weighted by atomic mass is 9.97. The van der Waals surface area contributed by atoms with Gasteiger partial charge in [-0.25, -0.2) is 8.42 Å². The zero-order chi connectivity index (χ0) is 15.8. The molecule has 2 rings (SSSR count). The van der Waals surface area contributed by atoms with Gasteiger partial charge < -0.3 is 10.6 Å². The van der Waals surface area contributed by atoms with E-state index in [9.17, 15) is 8.42 Å². The van der Waals surface area contributed by atoms with Crippen molar-refractivity contribution in [3.05, 3.63) is 11.6 Å². The van der Waals surface area contributed by atoms with Crippen LogP contribution in [0, 0.1) is 5.92 Å². The van der Waals surface area contributed by atoms with Crippen LogP contribution in [-0.2, 0) is 9.84 Å². The molecule has 1 atom stereocenters. The van der Waals surface area contributed by atoms with Crippen LogP contribution in [0.2, 0.25) is 0 Å². The minimum absolute atomic E-state index is 0.182. The number of sulfone groups is 1. The van der Waals surface area contributed by atoms with Gasteiger partial charge >= 0.3 is 0 Å². The first kappa shape index (κ1) is 17.3. The van der Waals surface area contributed by atoms with Crippen molar-refractivity contribution < 1.29 is 8.42 Å². The number of guanidine groups is 1. The van der Waals surface area contributed by atoms with Crippen molar-refractivity contribution in [2.45, 2.75) is 45.4 Å². The summed E-state index contributed by atoms with van der Waals surface area (Å²) in [4.78, 5) is 4.55. The second-order valence-corrected chi connectivity index (χ2v) is 8.50. The highest BCUT2D eigenvalue weighted by molar-refractivity contribution is 7.91. The molecule has 0 aromatic carbocycles. The van der Waals surface area contributed by atoms with E-state index >= 15 is 0 Å². The highest BCUT2D eigenvalue weighted by atomic mass is 32.2. The van der Waals surface area contributed by atoms with Crippen molar-refractivity contribution in [1.29, 1.82) is 0 Å². The summed E-state index contributed by atoms with van der Waals surface area (Å²) in [5.74, 6) is 1.61. The first-order valence-corrected chi connectivity index (χ1v) is 10.3. The molecule has 126 valence electrons. The Morgan fingerprint density at radius 1 is 1.36 bits per heavy atom. The third-order valence-electron chi connectivity index (χ3n) is 4.30. The van der Waals surface area contributed by atoms with Crippen molar-refractivity contribution in [1.82, 2.24) is 10.6 Å². The van der Waals surface area contributed by atoms with Gasteiger partial charge in [0.05, 0.1) is 11.5 Å². The monoisotopic (exact) mass is 327 g/mol. The number of nitrogens with zero attached hydrogens (tertiary/aromatic N) is 1. The smallest absolute Gasteiger partial charge is 0.191 e. The first-order chi connectivity index (χ1) is 10.6. The fraction of sp³-hybridized carbons (Fsp3) is 0.812. The molecule has 0 aromatic heterocycles. The van der Waals surface area contributed by atoms with Crippen LogP contribution >= 0.6 is 0 Å². The van der Waals surface area contributed by atoms with Crippen LogP contribution in [0.5, 0.6) is 0 Å². The molecule has 1 aliphatic heterocycles. The number of hydrogen-bond acceptors (Lipinski definition) is 3. The van der Waals surface area contributed by atoms with Gasteiger partial charge in [0, 0.05) is 19.6 Å². The van der Waals surface area contributed by atoms with Crippen LogP contribution in [0.3, 0.4) is 0 Å². The Morgan fingerprint density at radius 2 is 2.23 bits per heavy atom. The molecule has 1 fully saturated rings. The quantitative estimate of drug-likeness (QED) is 0.444. The lowest BCUT2D eigenvalue weighted by Gasteiger charge is -2.15. The molecule has 0 saturated carbocycles. The lowest BCUT2D eigenvalue weighted by molar-refractivity contribution is 0.589. The van der Waals surface area contributed by atoms with E-state index in [1.165, 1.54) is 25.7 Å².